The average Bonchev–Trinajstić information content (AvgIpc) is 3.38. The zero-order valence-electron chi connectivity index (χ0n) is 29.9. The van der Waals surface area contributed by atoms with Gasteiger partial charge in [0.25, 0.3) is 0 Å². The standard InChI is InChI=1S/C40H58N2O7/c1-40(2,3)49-37(44)27-17-15-13-11-9-7-5-4-6-8-10-12-14-16-26-36(43)41-28-35(38(45)46)42-39(47)48-29-34-32-24-20-18-22-30(32)31-23-19-21-25-33(31)34/h18-25,34-35H,4-17,26-29H2,1-3H3,(H,41,43)(H,42,47)(H,45,46)/t35-/m0/s1. The van der Waals surface area contributed by atoms with Gasteiger partial charge in [0.1, 0.15) is 18.2 Å². The number of benzene rings is 2. The third-order valence-corrected chi connectivity index (χ3v) is 8.89. The van der Waals surface area contributed by atoms with Gasteiger partial charge in [0.15, 0.2) is 0 Å². The quantitative estimate of drug-likeness (QED) is 0.0792. The Hall–Kier alpha value is -3.88. The van der Waals surface area contributed by atoms with Crippen LogP contribution in [0, 0.1) is 0 Å². The molecule has 3 rings (SSSR count). The summed E-state index contributed by atoms with van der Waals surface area (Å²) in [6.45, 7) is 5.58. The molecule has 0 spiro atoms. The van der Waals surface area contributed by atoms with Crippen LogP contribution in [0.3, 0.4) is 0 Å². The van der Waals surface area contributed by atoms with Gasteiger partial charge in [-0.2, -0.15) is 0 Å². The Morgan fingerprint density at radius 3 is 1.61 bits per heavy atom. The van der Waals surface area contributed by atoms with Gasteiger partial charge < -0.3 is 25.2 Å². The number of hydrogen-bond donors (Lipinski definition) is 3. The first-order chi connectivity index (χ1) is 23.5. The van der Waals surface area contributed by atoms with E-state index in [4.69, 9.17) is 9.47 Å². The summed E-state index contributed by atoms with van der Waals surface area (Å²) in [5.74, 6) is -1.68. The van der Waals surface area contributed by atoms with E-state index in [1.54, 1.807) is 0 Å². The van der Waals surface area contributed by atoms with E-state index < -0.39 is 23.7 Å². The molecule has 0 heterocycles. The SMILES string of the molecule is CC(C)(C)OC(=O)CCCCCCCCCCCCCCCCC(=O)NC[C@H](NC(=O)OCC1c2ccccc2-c2ccccc21)C(=O)O. The van der Waals surface area contributed by atoms with Crippen LogP contribution in [0.2, 0.25) is 0 Å². The van der Waals surface area contributed by atoms with E-state index in [-0.39, 0.29) is 30.9 Å². The van der Waals surface area contributed by atoms with Crippen molar-refractivity contribution >= 4 is 23.9 Å². The molecule has 0 radical (unpaired) electrons. The maximum Gasteiger partial charge on any atom is 0.407 e. The minimum atomic E-state index is -1.28. The second kappa shape index (κ2) is 21.3. The number of aliphatic carboxylic acids is 1. The van der Waals surface area contributed by atoms with Gasteiger partial charge in [-0.1, -0.05) is 126 Å². The molecule has 0 bridgehead atoms. The van der Waals surface area contributed by atoms with E-state index in [2.05, 4.69) is 10.6 Å². The minimum absolute atomic E-state index is 0.0829. The average molecular weight is 679 g/mol. The van der Waals surface area contributed by atoms with Crippen molar-refractivity contribution in [2.45, 2.75) is 141 Å². The van der Waals surface area contributed by atoms with Crippen LogP contribution < -0.4 is 10.6 Å². The summed E-state index contributed by atoms with van der Waals surface area (Å²) in [7, 11) is 0. The molecule has 0 fully saturated rings. The summed E-state index contributed by atoms with van der Waals surface area (Å²) in [5.41, 5.74) is 3.96. The summed E-state index contributed by atoms with van der Waals surface area (Å²) in [6.07, 6.45) is 15.9. The van der Waals surface area contributed by atoms with Crippen LogP contribution >= 0.6 is 0 Å². The lowest BCUT2D eigenvalue weighted by Gasteiger charge is -2.19. The van der Waals surface area contributed by atoms with Crippen LogP contribution in [-0.4, -0.2) is 53.8 Å². The molecular weight excluding hydrogens is 620 g/mol. The fraction of sp³-hybridized carbons (Fsp3) is 0.600. The Labute approximate surface area is 292 Å². The molecule has 3 N–H and O–H groups in total. The van der Waals surface area contributed by atoms with Crippen LogP contribution in [0.25, 0.3) is 11.1 Å². The Morgan fingerprint density at radius 2 is 1.14 bits per heavy atom. The number of hydrogen-bond acceptors (Lipinski definition) is 6. The topological polar surface area (TPSA) is 131 Å². The number of alkyl carbamates (subject to hydrolysis) is 1. The smallest absolute Gasteiger partial charge is 0.407 e. The van der Waals surface area contributed by atoms with Crippen molar-refractivity contribution in [2.75, 3.05) is 13.2 Å². The Bertz CT molecular complexity index is 1290. The van der Waals surface area contributed by atoms with Crippen molar-refractivity contribution in [3.63, 3.8) is 0 Å². The largest absolute Gasteiger partial charge is 0.480 e. The van der Waals surface area contributed by atoms with Gasteiger partial charge >= 0.3 is 18.0 Å². The zero-order valence-corrected chi connectivity index (χ0v) is 29.9. The second-order valence-electron chi connectivity index (χ2n) is 14.2. The number of unbranched alkanes of at least 4 members (excludes halogenated alkanes) is 13. The first-order valence-corrected chi connectivity index (χ1v) is 18.4. The van der Waals surface area contributed by atoms with E-state index in [1.807, 2.05) is 69.3 Å². The number of carbonyl (C=O) groups excluding carboxylic acids is 3. The molecule has 0 saturated carbocycles. The summed E-state index contributed by atoms with van der Waals surface area (Å²) in [6, 6.07) is 14.7. The number of carboxylic acid groups (broad SMARTS) is 1. The number of nitrogens with one attached hydrogen (secondary N) is 2. The monoisotopic (exact) mass is 678 g/mol. The molecule has 2 aromatic carbocycles. The number of esters is 1. The number of ether oxygens (including phenoxy) is 2. The van der Waals surface area contributed by atoms with E-state index in [0.717, 1.165) is 60.8 Å². The molecule has 2 amide bonds. The van der Waals surface area contributed by atoms with E-state index in [0.29, 0.717) is 12.8 Å². The van der Waals surface area contributed by atoms with Gasteiger partial charge in [-0.3, -0.25) is 9.59 Å². The summed E-state index contributed by atoms with van der Waals surface area (Å²) < 4.78 is 10.8. The lowest BCUT2D eigenvalue weighted by atomic mass is 9.98. The van der Waals surface area contributed by atoms with Crippen LogP contribution in [0.1, 0.15) is 141 Å². The van der Waals surface area contributed by atoms with E-state index in [1.165, 1.54) is 51.4 Å². The molecule has 0 unspecified atom stereocenters. The maximum atomic E-state index is 12.5. The molecule has 9 heteroatoms. The first kappa shape index (κ1) is 39.6. The molecule has 0 saturated heterocycles. The van der Waals surface area contributed by atoms with E-state index >= 15 is 0 Å². The van der Waals surface area contributed by atoms with Gasteiger partial charge in [0.05, 0.1) is 0 Å². The van der Waals surface area contributed by atoms with E-state index in [9.17, 15) is 24.3 Å². The zero-order chi connectivity index (χ0) is 35.5. The summed E-state index contributed by atoms with van der Waals surface area (Å²) in [5, 5.41) is 14.6. The minimum Gasteiger partial charge on any atom is -0.480 e. The predicted molar refractivity (Wildman–Crippen MR) is 192 cm³/mol. The molecule has 9 nitrogen and oxygen atoms in total. The summed E-state index contributed by atoms with van der Waals surface area (Å²) >= 11 is 0. The lowest BCUT2D eigenvalue weighted by molar-refractivity contribution is -0.155. The Balaban J connectivity index is 1.15. The van der Waals surface area contributed by atoms with Crippen molar-refractivity contribution in [3.8, 4) is 11.1 Å². The highest BCUT2D eigenvalue weighted by Crippen LogP contribution is 2.44. The lowest BCUT2D eigenvalue weighted by Crippen LogP contribution is -2.48. The van der Waals surface area contributed by atoms with Crippen LogP contribution in [0.4, 0.5) is 4.79 Å². The van der Waals surface area contributed by atoms with Gasteiger partial charge in [-0.15, -0.1) is 0 Å². The third-order valence-electron chi connectivity index (χ3n) is 8.89. The normalized spacial score (nSPS) is 12.9. The van der Waals surface area contributed by atoms with Crippen LogP contribution in [-0.2, 0) is 23.9 Å². The Morgan fingerprint density at radius 1 is 0.694 bits per heavy atom. The Kier molecular flexibility index (Phi) is 17.2. The molecule has 1 aliphatic carbocycles. The molecule has 1 aliphatic rings. The first-order valence-electron chi connectivity index (χ1n) is 18.4. The molecule has 0 aromatic heterocycles. The highest BCUT2D eigenvalue weighted by Gasteiger charge is 2.30. The molecule has 2 aromatic rings. The van der Waals surface area contributed by atoms with Crippen molar-refractivity contribution in [3.05, 3.63) is 59.7 Å². The van der Waals surface area contributed by atoms with Crippen LogP contribution in [0.15, 0.2) is 48.5 Å². The number of amides is 2. The molecular formula is C40H58N2O7. The highest BCUT2D eigenvalue weighted by molar-refractivity contribution is 5.82. The predicted octanol–water partition coefficient (Wildman–Crippen LogP) is 8.68. The number of carbonyl (C=O) groups is 4. The van der Waals surface area contributed by atoms with Crippen molar-refractivity contribution in [1.82, 2.24) is 10.6 Å². The second-order valence-corrected chi connectivity index (χ2v) is 14.2. The number of carboxylic acids is 1. The van der Waals surface area contributed by atoms with Gasteiger partial charge in [0.2, 0.25) is 5.91 Å². The van der Waals surface area contributed by atoms with Gasteiger partial charge in [0, 0.05) is 25.3 Å². The van der Waals surface area contributed by atoms with Crippen LogP contribution in [0.5, 0.6) is 0 Å². The van der Waals surface area contributed by atoms with Gasteiger partial charge in [-0.05, 0) is 55.9 Å². The summed E-state index contributed by atoms with van der Waals surface area (Å²) in [4.78, 5) is 48.4. The van der Waals surface area contributed by atoms with Crippen molar-refractivity contribution in [1.29, 1.82) is 0 Å². The third kappa shape index (κ3) is 15.0. The fourth-order valence-corrected chi connectivity index (χ4v) is 6.36. The van der Waals surface area contributed by atoms with Gasteiger partial charge in [-0.25, -0.2) is 9.59 Å². The maximum absolute atomic E-state index is 12.5. The number of fused-ring (bicyclic) bond motifs is 3. The molecule has 270 valence electrons. The van der Waals surface area contributed by atoms with Crippen molar-refractivity contribution in [2.24, 2.45) is 0 Å². The molecule has 49 heavy (non-hydrogen) atoms. The molecule has 1 atom stereocenters. The fourth-order valence-electron chi connectivity index (χ4n) is 6.36. The molecule has 0 aliphatic heterocycles. The highest BCUT2D eigenvalue weighted by atomic mass is 16.6. The number of rotatable bonds is 23. The van der Waals surface area contributed by atoms with Crippen molar-refractivity contribution < 1.29 is 33.8 Å².